The third-order valence-electron chi connectivity index (χ3n) is 11.0. The van der Waals surface area contributed by atoms with Crippen molar-refractivity contribution in [2.45, 2.75) is 6.18 Å². The molecule has 7 aromatic carbocycles. The SMILES string of the molecule is FC(F)(F)c1ccnc(-n2c3ccc(-c4ccccc4)cc3c3ccc(-c4cccc5c4nc(-c4cccc6c4[nH]c4ccccc46)n5-c4ccccc4)cc32)c1. The van der Waals surface area contributed by atoms with Crippen LogP contribution in [0.15, 0.2) is 176 Å². The summed E-state index contributed by atoms with van der Waals surface area (Å²) in [4.78, 5) is 13.6. The van der Waals surface area contributed by atoms with E-state index >= 15 is 0 Å². The van der Waals surface area contributed by atoms with Crippen molar-refractivity contribution in [2.75, 3.05) is 0 Å². The summed E-state index contributed by atoms with van der Waals surface area (Å²) < 4.78 is 46.3. The number of aromatic amines is 1. The van der Waals surface area contributed by atoms with Gasteiger partial charge in [-0.15, -0.1) is 0 Å². The van der Waals surface area contributed by atoms with Gasteiger partial charge in [-0.1, -0.05) is 109 Å². The molecule has 0 amide bonds. The van der Waals surface area contributed by atoms with E-state index < -0.39 is 11.7 Å². The topological polar surface area (TPSA) is 51.4 Å². The van der Waals surface area contributed by atoms with Crippen LogP contribution in [-0.4, -0.2) is 24.1 Å². The van der Waals surface area contributed by atoms with E-state index in [1.54, 1.807) is 0 Å². The Kier molecular flexibility index (Phi) is 7.25. The number of H-pyrrole nitrogens is 1. The van der Waals surface area contributed by atoms with Gasteiger partial charge in [0.15, 0.2) is 0 Å². The quantitative estimate of drug-likeness (QED) is 0.191. The number of nitrogens with zero attached hydrogens (tertiary/aromatic N) is 4. The van der Waals surface area contributed by atoms with Crippen LogP contribution in [0.1, 0.15) is 5.56 Å². The van der Waals surface area contributed by atoms with Crippen LogP contribution < -0.4 is 0 Å². The number of hydrogen-bond donors (Lipinski definition) is 1. The maximum Gasteiger partial charge on any atom is 0.416 e. The van der Waals surface area contributed by atoms with Crippen LogP contribution >= 0.6 is 0 Å². The Morgan fingerprint density at radius 1 is 0.491 bits per heavy atom. The van der Waals surface area contributed by atoms with Crippen molar-refractivity contribution in [1.29, 1.82) is 0 Å². The summed E-state index contributed by atoms with van der Waals surface area (Å²) in [5, 5.41) is 4.08. The number of hydrogen-bond acceptors (Lipinski definition) is 2. The van der Waals surface area contributed by atoms with Crippen LogP contribution in [0.4, 0.5) is 13.2 Å². The van der Waals surface area contributed by atoms with Gasteiger partial charge in [0.25, 0.3) is 0 Å². The molecular formula is C49H30F3N5. The molecule has 0 saturated carbocycles. The first-order chi connectivity index (χ1) is 27.9. The van der Waals surface area contributed by atoms with E-state index in [1.165, 1.54) is 6.20 Å². The summed E-state index contributed by atoms with van der Waals surface area (Å²) in [6.45, 7) is 0. The minimum absolute atomic E-state index is 0.190. The zero-order valence-corrected chi connectivity index (χ0v) is 30.2. The first-order valence-corrected chi connectivity index (χ1v) is 18.6. The van der Waals surface area contributed by atoms with Gasteiger partial charge in [-0.2, -0.15) is 13.2 Å². The number of alkyl halides is 3. The zero-order valence-electron chi connectivity index (χ0n) is 30.2. The van der Waals surface area contributed by atoms with Crippen molar-refractivity contribution in [2.24, 2.45) is 0 Å². The molecule has 0 aliphatic rings. The lowest BCUT2D eigenvalue weighted by atomic mass is 10.0. The lowest BCUT2D eigenvalue weighted by Crippen LogP contribution is -2.07. The molecule has 0 bridgehead atoms. The van der Waals surface area contributed by atoms with Gasteiger partial charge in [-0.3, -0.25) is 9.13 Å². The summed E-state index contributed by atoms with van der Waals surface area (Å²) in [6.07, 6.45) is -3.30. The Labute approximate surface area is 323 Å². The minimum atomic E-state index is -4.52. The van der Waals surface area contributed by atoms with Gasteiger partial charge in [0.1, 0.15) is 11.6 Å². The molecule has 4 aromatic heterocycles. The van der Waals surface area contributed by atoms with Gasteiger partial charge in [-0.25, -0.2) is 9.97 Å². The van der Waals surface area contributed by atoms with Gasteiger partial charge in [-0.05, 0) is 77.4 Å². The lowest BCUT2D eigenvalue weighted by Gasteiger charge is -2.12. The van der Waals surface area contributed by atoms with Crippen LogP contribution in [0.3, 0.4) is 0 Å². The zero-order chi connectivity index (χ0) is 38.3. The van der Waals surface area contributed by atoms with Crippen molar-refractivity contribution < 1.29 is 13.2 Å². The van der Waals surface area contributed by atoms with Crippen molar-refractivity contribution >= 4 is 54.6 Å². The molecule has 5 nitrogen and oxygen atoms in total. The molecule has 0 atom stereocenters. The van der Waals surface area contributed by atoms with E-state index in [4.69, 9.17) is 4.98 Å². The Balaban J connectivity index is 1.17. The highest BCUT2D eigenvalue weighted by molar-refractivity contribution is 6.13. The third kappa shape index (κ3) is 5.25. The van der Waals surface area contributed by atoms with Gasteiger partial charge < -0.3 is 4.98 Å². The number of rotatable bonds is 5. The van der Waals surface area contributed by atoms with Crippen molar-refractivity contribution in [1.82, 2.24) is 24.1 Å². The van der Waals surface area contributed by atoms with Gasteiger partial charge in [0.2, 0.25) is 0 Å². The highest BCUT2D eigenvalue weighted by Crippen LogP contribution is 2.41. The molecule has 0 spiro atoms. The Morgan fingerprint density at radius 3 is 2.07 bits per heavy atom. The van der Waals surface area contributed by atoms with E-state index in [-0.39, 0.29) is 5.82 Å². The fraction of sp³-hybridized carbons (Fsp3) is 0.0204. The first-order valence-electron chi connectivity index (χ1n) is 18.6. The third-order valence-corrected chi connectivity index (χ3v) is 11.0. The molecule has 0 fully saturated rings. The maximum absolute atomic E-state index is 14.1. The smallest absolute Gasteiger partial charge is 0.354 e. The number of imidazole rings is 1. The summed E-state index contributed by atoms with van der Waals surface area (Å²) >= 11 is 0. The molecule has 0 radical (unpaired) electrons. The molecular weight excluding hydrogens is 716 g/mol. The predicted molar refractivity (Wildman–Crippen MR) is 224 cm³/mol. The van der Waals surface area contributed by atoms with Crippen molar-refractivity contribution in [3.8, 4) is 45.1 Å². The van der Waals surface area contributed by atoms with Crippen LogP contribution in [-0.2, 0) is 6.18 Å². The molecule has 272 valence electrons. The number of fused-ring (bicyclic) bond motifs is 7. The Hall–Kier alpha value is -7.45. The molecule has 0 aliphatic carbocycles. The average Bonchev–Trinajstić information content (AvgIpc) is 3.93. The minimum Gasteiger partial charge on any atom is -0.354 e. The average molecular weight is 746 g/mol. The van der Waals surface area contributed by atoms with Crippen LogP contribution in [0, 0.1) is 0 Å². The normalized spacial score (nSPS) is 12.1. The molecule has 0 unspecified atom stereocenters. The van der Waals surface area contributed by atoms with E-state index in [2.05, 4.69) is 106 Å². The van der Waals surface area contributed by atoms with Crippen molar-refractivity contribution in [3.05, 3.63) is 182 Å². The monoisotopic (exact) mass is 745 g/mol. The Morgan fingerprint density at radius 2 is 1.23 bits per heavy atom. The molecule has 4 heterocycles. The summed E-state index contributed by atoms with van der Waals surface area (Å²) in [5.74, 6) is 0.979. The molecule has 8 heteroatoms. The summed E-state index contributed by atoms with van der Waals surface area (Å²) in [6, 6.07) is 55.5. The maximum atomic E-state index is 14.1. The largest absolute Gasteiger partial charge is 0.416 e. The summed E-state index contributed by atoms with van der Waals surface area (Å²) in [5.41, 5.74) is 10.3. The highest BCUT2D eigenvalue weighted by atomic mass is 19.4. The molecule has 11 rings (SSSR count). The van der Waals surface area contributed by atoms with Crippen LogP contribution in [0.2, 0.25) is 0 Å². The molecule has 11 aromatic rings. The van der Waals surface area contributed by atoms with E-state index in [9.17, 15) is 13.2 Å². The predicted octanol–water partition coefficient (Wildman–Crippen LogP) is 13.2. The second-order valence-electron chi connectivity index (χ2n) is 14.2. The molecule has 57 heavy (non-hydrogen) atoms. The number of aromatic nitrogens is 5. The van der Waals surface area contributed by atoms with Crippen LogP contribution in [0.5, 0.6) is 0 Å². The fourth-order valence-electron chi connectivity index (χ4n) is 8.37. The molecule has 1 N–H and O–H groups in total. The van der Waals surface area contributed by atoms with Crippen LogP contribution in [0.25, 0.3) is 99.8 Å². The van der Waals surface area contributed by atoms with Crippen molar-refractivity contribution in [3.63, 3.8) is 0 Å². The number of halogens is 3. The first kappa shape index (κ1) is 32.9. The number of benzene rings is 7. The number of nitrogens with one attached hydrogen (secondary N) is 1. The molecule has 0 saturated heterocycles. The number of pyridine rings is 1. The Bertz CT molecular complexity index is 3340. The van der Waals surface area contributed by atoms with Gasteiger partial charge in [0, 0.05) is 50.1 Å². The highest BCUT2D eigenvalue weighted by Gasteiger charge is 2.31. The van der Waals surface area contributed by atoms with Gasteiger partial charge >= 0.3 is 6.18 Å². The molecule has 0 aliphatic heterocycles. The van der Waals surface area contributed by atoms with E-state index in [0.29, 0.717) is 0 Å². The second-order valence-corrected chi connectivity index (χ2v) is 14.2. The second kappa shape index (κ2) is 12.5. The number of para-hydroxylation sites is 4. The van der Waals surface area contributed by atoms with E-state index in [1.807, 2.05) is 71.3 Å². The fourth-order valence-corrected chi connectivity index (χ4v) is 8.37. The lowest BCUT2D eigenvalue weighted by molar-refractivity contribution is -0.137. The summed E-state index contributed by atoms with van der Waals surface area (Å²) in [7, 11) is 0. The van der Waals surface area contributed by atoms with E-state index in [0.717, 1.165) is 106 Å². The van der Waals surface area contributed by atoms with Gasteiger partial charge in [0.05, 0.1) is 33.1 Å². The standard InChI is InChI=1S/C49H30F3N5/c50-49(51,52)33-25-26-53-45(29-33)57-42-24-22-31(30-11-3-1-4-12-30)27-40(42)37-23-21-32(28-44(37)57)35-16-10-20-43-47(35)55-48(56(43)34-13-5-2-6-14-34)39-18-9-17-38-36-15-7-8-19-41(36)54-46(38)39/h1-29,54H.